The smallest absolute Gasteiger partial charge is 0.0674 e. The summed E-state index contributed by atoms with van der Waals surface area (Å²) in [5.74, 6) is 0.202. The number of nitrogens with two attached hydrogens (primary N) is 1. The average molecular weight is 382 g/mol. The number of hydrogen-bond donors (Lipinski definition) is 1. The van der Waals surface area contributed by atoms with Crippen molar-refractivity contribution in [3.05, 3.63) is 144 Å². The van der Waals surface area contributed by atoms with Crippen LogP contribution in [-0.4, -0.2) is 5.48 Å². The topological polar surface area (TPSA) is 57.5 Å². The maximum absolute atomic E-state index is 7.22. The van der Waals surface area contributed by atoms with Crippen LogP contribution in [-0.2, 0) is 5.54 Å². The summed E-state index contributed by atoms with van der Waals surface area (Å²) in [6.07, 6.45) is 0.787. The van der Waals surface area contributed by atoms with Gasteiger partial charge in [0.05, 0.1) is 5.54 Å². The van der Waals surface area contributed by atoms with Crippen LogP contribution in [0.1, 0.15) is 34.6 Å². The predicted molar refractivity (Wildman–Crippen MR) is 121 cm³/mol. The van der Waals surface area contributed by atoms with Crippen molar-refractivity contribution < 1.29 is 5.48 Å². The fraction of sp³-hybridized carbons (Fsp3) is 0.111. The van der Waals surface area contributed by atoms with Crippen molar-refractivity contribution in [2.45, 2.75) is 17.9 Å². The first-order chi connectivity index (χ1) is 13.8. The van der Waals surface area contributed by atoms with E-state index in [0.29, 0.717) is 0 Å². The third kappa shape index (κ3) is 4.45. The largest absolute Gasteiger partial charge is 0.412 e. The average Bonchev–Trinajstić information content (AvgIpc) is 2.80. The molecule has 4 aromatic rings. The van der Waals surface area contributed by atoms with E-state index in [2.05, 4.69) is 109 Å². The molecule has 0 spiro atoms. The van der Waals surface area contributed by atoms with Gasteiger partial charge in [-0.1, -0.05) is 121 Å². The fourth-order valence-corrected chi connectivity index (χ4v) is 3.99. The van der Waals surface area contributed by atoms with Crippen LogP contribution in [0.25, 0.3) is 0 Å². The summed E-state index contributed by atoms with van der Waals surface area (Å²) in [4.78, 5) is 0. The minimum Gasteiger partial charge on any atom is -0.412 e. The first kappa shape index (κ1) is 20.5. The Morgan fingerprint density at radius 3 is 1.17 bits per heavy atom. The Bertz CT molecular complexity index is 907. The second kappa shape index (κ2) is 9.33. The van der Waals surface area contributed by atoms with Gasteiger partial charge in [0, 0.05) is 5.92 Å². The molecule has 0 aliphatic rings. The SMILES string of the molecule is NC(CC(c1ccccc1)c1ccccc1)(c1ccccc1)c1ccccc1.O. The molecule has 29 heavy (non-hydrogen) atoms. The molecule has 4 rings (SSSR count). The van der Waals surface area contributed by atoms with E-state index in [0.717, 1.165) is 17.5 Å². The summed E-state index contributed by atoms with van der Waals surface area (Å²) >= 11 is 0. The van der Waals surface area contributed by atoms with Gasteiger partial charge in [0.1, 0.15) is 0 Å². The molecule has 4 aromatic carbocycles. The van der Waals surface area contributed by atoms with Crippen LogP contribution in [0.4, 0.5) is 0 Å². The van der Waals surface area contributed by atoms with Gasteiger partial charge < -0.3 is 11.2 Å². The van der Waals surface area contributed by atoms with E-state index in [1.54, 1.807) is 0 Å². The zero-order chi connectivity index (χ0) is 19.2. The molecule has 0 unspecified atom stereocenters. The third-order valence-electron chi connectivity index (χ3n) is 5.51. The lowest BCUT2D eigenvalue weighted by molar-refractivity contribution is 0.461. The van der Waals surface area contributed by atoms with Gasteiger partial charge in [0.2, 0.25) is 0 Å². The Labute approximate surface area is 173 Å². The predicted octanol–water partition coefficient (Wildman–Crippen LogP) is 5.29. The van der Waals surface area contributed by atoms with E-state index in [9.17, 15) is 0 Å². The van der Waals surface area contributed by atoms with Gasteiger partial charge in [-0.3, -0.25) is 0 Å². The number of hydrogen-bond acceptors (Lipinski definition) is 1. The van der Waals surface area contributed by atoms with E-state index < -0.39 is 5.54 Å². The molecule has 0 saturated heterocycles. The van der Waals surface area contributed by atoms with Crippen LogP contribution in [0.3, 0.4) is 0 Å². The van der Waals surface area contributed by atoms with Crippen LogP contribution in [0.5, 0.6) is 0 Å². The molecule has 0 bridgehead atoms. The molecule has 0 radical (unpaired) electrons. The van der Waals surface area contributed by atoms with Gasteiger partial charge in [-0.2, -0.15) is 0 Å². The molecular weight excluding hydrogens is 354 g/mol. The van der Waals surface area contributed by atoms with Crippen LogP contribution >= 0.6 is 0 Å². The summed E-state index contributed by atoms with van der Waals surface area (Å²) in [5.41, 5.74) is 11.5. The van der Waals surface area contributed by atoms with Crippen LogP contribution in [0.15, 0.2) is 121 Å². The lowest BCUT2D eigenvalue weighted by atomic mass is 9.73. The highest BCUT2D eigenvalue weighted by Crippen LogP contribution is 2.39. The van der Waals surface area contributed by atoms with Crippen molar-refractivity contribution in [2.75, 3.05) is 0 Å². The second-order valence-electron chi connectivity index (χ2n) is 7.28. The second-order valence-corrected chi connectivity index (χ2v) is 7.28. The molecule has 146 valence electrons. The molecule has 2 heteroatoms. The van der Waals surface area contributed by atoms with Gasteiger partial charge >= 0.3 is 0 Å². The van der Waals surface area contributed by atoms with Crippen molar-refractivity contribution in [1.29, 1.82) is 0 Å². The van der Waals surface area contributed by atoms with Crippen molar-refractivity contribution in [1.82, 2.24) is 0 Å². The standard InChI is InChI=1S/C27H25N.H2O/c28-27(24-17-9-3-10-18-24,25-19-11-4-12-20-25)21-26(22-13-5-1-6-14-22)23-15-7-2-8-16-23;/h1-20,26H,21,28H2;1H2. The molecular formula is C27H27NO. The van der Waals surface area contributed by atoms with Gasteiger partial charge in [-0.15, -0.1) is 0 Å². The van der Waals surface area contributed by atoms with Crippen LogP contribution < -0.4 is 5.73 Å². The number of rotatable bonds is 6. The molecule has 0 aliphatic heterocycles. The lowest BCUT2D eigenvalue weighted by Crippen LogP contribution is -2.39. The molecule has 0 fully saturated rings. The zero-order valence-electron chi connectivity index (χ0n) is 16.4. The highest BCUT2D eigenvalue weighted by molar-refractivity contribution is 5.41. The summed E-state index contributed by atoms with van der Waals surface area (Å²) < 4.78 is 0. The van der Waals surface area contributed by atoms with Gasteiger partial charge in [-0.25, -0.2) is 0 Å². The summed E-state index contributed by atoms with van der Waals surface area (Å²) in [6, 6.07) is 42.3. The minimum absolute atomic E-state index is 0. The van der Waals surface area contributed by atoms with Gasteiger partial charge in [0.25, 0.3) is 0 Å². The Hall–Kier alpha value is -3.20. The van der Waals surface area contributed by atoms with E-state index in [1.165, 1.54) is 11.1 Å². The van der Waals surface area contributed by atoms with Crippen molar-refractivity contribution in [3.8, 4) is 0 Å². The fourth-order valence-electron chi connectivity index (χ4n) is 3.99. The van der Waals surface area contributed by atoms with Gasteiger partial charge in [-0.05, 0) is 28.7 Å². The molecule has 0 aromatic heterocycles. The van der Waals surface area contributed by atoms with Crippen LogP contribution in [0, 0.1) is 0 Å². The molecule has 0 atom stereocenters. The van der Waals surface area contributed by atoms with E-state index >= 15 is 0 Å². The van der Waals surface area contributed by atoms with Crippen LogP contribution in [0.2, 0.25) is 0 Å². The lowest BCUT2D eigenvalue weighted by Gasteiger charge is -2.35. The monoisotopic (exact) mass is 381 g/mol. The highest BCUT2D eigenvalue weighted by Gasteiger charge is 2.33. The molecule has 0 aliphatic carbocycles. The molecule has 0 amide bonds. The van der Waals surface area contributed by atoms with Crippen molar-refractivity contribution in [3.63, 3.8) is 0 Å². The maximum atomic E-state index is 7.22. The quantitative estimate of drug-likeness (QED) is 0.485. The number of benzene rings is 4. The zero-order valence-corrected chi connectivity index (χ0v) is 16.4. The Morgan fingerprint density at radius 2 is 0.828 bits per heavy atom. The van der Waals surface area contributed by atoms with Gasteiger partial charge in [0.15, 0.2) is 0 Å². The molecule has 0 saturated carbocycles. The van der Waals surface area contributed by atoms with Crippen molar-refractivity contribution in [2.24, 2.45) is 5.73 Å². The van der Waals surface area contributed by atoms with E-state index in [-0.39, 0.29) is 11.4 Å². The third-order valence-corrected chi connectivity index (χ3v) is 5.51. The molecule has 2 nitrogen and oxygen atoms in total. The first-order valence-corrected chi connectivity index (χ1v) is 9.77. The molecule has 0 heterocycles. The summed E-state index contributed by atoms with van der Waals surface area (Å²) in [5, 5.41) is 0. The highest BCUT2D eigenvalue weighted by atomic mass is 16.0. The Morgan fingerprint density at radius 1 is 0.517 bits per heavy atom. The Balaban J connectivity index is 0.00000240. The summed E-state index contributed by atoms with van der Waals surface area (Å²) in [6.45, 7) is 0. The normalized spacial score (nSPS) is 11.1. The first-order valence-electron chi connectivity index (χ1n) is 9.77. The maximum Gasteiger partial charge on any atom is 0.0674 e. The Kier molecular flexibility index (Phi) is 6.61. The minimum atomic E-state index is -0.584. The summed E-state index contributed by atoms with van der Waals surface area (Å²) in [7, 11) is 0. The molecule has 4 N–H and O–H groups in total. The van der Waals surface area contributed by atoms with E-state index in [1.807, 2.05) is 12.1 Å². The van der Waals surface area contributed by atoms with Crippen molar-refractivity contribution >= 4 is 0 Å². The van der Waals surface area contributed by atoms with E-state index in [4.69, 9.17) is 5.73 Å².